The Kier molecular flexibility index (Phi) is 1.42. The van der Waals surface area contributed by atoms with Gasteiger partial charge in [-0.25, -0.2) is 4.39 Å². The normalized spacial score (nSPS) is 22.2. The van der Waals surface area contributed by atoms with E-state index in [-0.39, 0.29) is 6.61 Å². The van der Waals surface area contributed by atoms with Crippen LogP contribution in [0.5, 0.6) is 0 Å². The van der Waals surface area contributed by atoms with Gasteiger partial charge in [0.2, 0.25) is 0 Å². The molecule has 0 fully saturated rings. The first kappa shape index (κ1) is 6.79. The van der Waals surface area contributed by atoms with E-state index >= 15 is 0 Å². The molecule has 0 bridgehead atoms. The lowest BCUT2D eigenvalue weighted by atomic mass is 10.2. The molecule has 1 aromatic heterocycles. The zero-order valence-corrected chi connectivity index (χ0v) is 5.88. The molecule has 0 saturated carbocycles. The van der Waals surface area contributed by atoms with Crippen molar-refractivity contribution in [1.29, 1.82) is 0 Å². The minimum atomic E-state index is -1.02. The largest absolute Gasteiger partial charge is 0.390 e. The van der Waals surface area contributed by atoms with Gasteiger partial charge in [0, 0.05) is 5.56 Å². The summed E-state index contributed by atoms with van der Waals surface area (Å²) >= 11 is 0. The van der Waals surface area contributed by atoms with Gasteiger partial charge in [-0.3, -0.25) is 0 Å². The molecule has 1 aromatic rings. The molecule has 11 heavy (non-hydrogen) atoms. The number of hydrogen-bond donors (Lipinski definition) is 1. The summed E-state index contributed by atoms with van der Waals surface area (Å²) < 4.78 is 17.6. The van der Waals surface area contributed by atoms with Gasteiger partial charge in [0.1, 0.15) is 5.69 Å². The highest BCUT2D eigenvalue weighted by Gasteiger charge is 2.29. The third kappa shape index (κ3) is 0.860. The number of alkyl halides is 1. The van der Waals surface area contributed by atoms with Gasteiger partial charge < -0.3 is 9.63 Å². The number of fused-ring (bicyclic) bond motifs is 1. The fourth-order valence-corrected chi connectivity index (χ4v) is 1.40. The van der Waals surface area contributed by atoms with Gasteiger partial charge in [-0.2, -0.15) is 0 Å². The van der Waals surface area contributed by atoms with Gasteiger partial charge in [-0.1, -0.05) is 5.16 Å². The molecule has 0 aromatic carbocycles. The minimum Gasteiger partial charge on any atom is -0.390 e. The second-order valence-corrected chi connectivity index (χ2v) is 2.64. The van der Waals surface area contributed by atoms with Crippen molar-refractivity contribution in [2.24, 2.45) is 0 Å². The summed E-state index contributed by atoms with van der Waals surface area (Å²) in [7, 11) is 0. The Morgan fingerprint density at radius 1 is 1.73 bits per heavy atom. The van der Waals surface area contributed by atoms with Crippen LogP contribution in [0.25, 0.3) is 0 Å². The second kappa shape index (κ2) is 2.30. The van der Waals surface area contributed by atoms with Crippen LogP contribution in [0.3, 0.4) is 0 Å². The molecule has 3 nitrogen and oxygen atoms in total. The molecule has 2 rings (SSSR count). The van der Waals surface area contributed by atoms with E-state index in [0.29, 0.717) is 24.3 Å². The highest BCUT2D eigenvalue weighted by atomic mass is 19.1. The highest BCUT2D eigenvalue weighted by molar-refractivity contribution is 5.28. The number of rotatable bonds is 1. The summed E-state index contributed by atoms with van der Waals surface area (Å²) in [6.07, 6.45) is 0.0809. The molecule has 1 N–H and O–H groups in total. The lowest BCUT2D eigenvalue weighted by molar-refractivity contribution is 0.240. The van der Waals surface area contributed by atoms with Crippen LogP contribution in [-0.2, 0) is 13.0 Å². The molecule has 0 aliphatic heterocycles. The number of hydrogen-bond acceptors (Lipinski definition) is 3. The van der Waals surface area contributed by atoms with Crippen molar-refractivity contribution in [3.8, 4) is 0 Å². The lowest BCUT2D eigenvalue weighted by Gasteiger charge is -1.89. The quantitative estimate of drug-likeness (QED) is 0.664. The van der Waals surface area contributed by atoms with Gasteiger partial charge in [0.25, 0.3) is 0 Å². The third-order valence-electron chi connectivity index (χ3n) is 1.98. The van der Waals surface area contributed by atoms with Crippen molar-refractivity contribution in [3.63, 3.8) is 0 Å². The first-order valence-electron chi connectivity index (χ1n) is 3.55. The van der Waals surface area contributed by atoms with Gasteiger partial charge in [-0.05, 0) is 12.8 Å². The van der Waals surface area contributed by atoms with Crippen LogP contribution < -0.4 is 0 Å². The maximum atomic E-state index is 12.9. The molecular formula is C7H8FNO2. The van der Waals surface area contributed by atoms with E-state index in [1.165, 1.54) is 0 Å². The lowest BCUT2D eigenvalue weighted by Crippen LogP contribution is -1.87. The van der Waals surface area contributed by atoms with Crippen LogP contribution in [-0.4, -0.2) is 10.3 Å². The molecule has 0 amide bonds. The van der Waals surface area contributed by atoms with Crippen LogP contribution in [0, 0.1) is 0 Å². The van der Waals surface area contributed by atoms with Crippen LogP contribution in [0.4, 0.5) is 4.39 Å². The molecule has 0 saturated heterocycles. The third-order valence-corrected chi connectivity index (χ3v) is 1.98. The Hall–Kier alpha value is -0.900. The highest BCUT2D eigenvalue weighted by Crippen LogP contribution is 2.35. The molecule has 1 atom stereocenters. The Balaban J connectivity index is 2.44. The van der Waals surface area contributed by atoms with Crippen molar-refractivity contribution in [1.82, 2.24) is 5.16 Å². The number of aliphatic hydroxyl groups is 1. The monoisotopic (exact) mass is 157 g/mol. The zero-order valence-electron chi connectivity index (χ0n) is 5.88. The summed E-state index contributed by atoms with van der Waals surface area (Å²) in [6, 6.07) is 0. The van der Waals surface area contributed by atoms with Crippen molar-refractivity contribution >= 4 is 0 Å². The topological polar surface area (TPSA) is 46.3 Å². The SMILES string of the molecule is OCc1noc2c1CCC2F. The standard InChI is InChI=1S/C7H8FNO2/c8-5-2-1-4-6(3-10)9-11-7(4)5/h5,10H,1-3H2. The summed E-state index contributed by atoms with van der Waals surface area (Å²) in [6.45, 7) is -0.161. The molecule has 0 spiro atoms. The van der Waals surface area contributed by atoms with Crippen LogP contribution in [0.1, 0.15) is 29.6 Å². The molecule has 1 aliphatic rings. The molecule has 1 heterocycles. The maximum absolute atomic E-state index is 12.9. The van der Waals surface area contributed by atoms with Gasteiger partial charge in [0.05, 0.1) is 6.61 Å². The first-order valence-corrected chi connectivity index (χ1v) is 3.55. The summed E-state index contributed by atoms with van der Waals surface area (Å²) in [5, 5.41) is 12.3. The summed E-state index contributed by atoms with van der Waals surface area (Å²) in [4.78, 5) is 0. The fourth-order valence-electron chi connectivity index (χ4n) is 1.40. The van der Waals surface area contributed by atoms with Crippen LogP contribution in [0.2, 0.25) is 0 Å². The number of nitrogens with zero attached hydrogens (tertiary/aromatic N) is 1. The van der Waals surface area contributed by atoms with Gasteiger partial charge >= 0.3 is 0 Å². The number of halogens is 1. The molecule has 60 valence electrons. The average molecular weight is 157 g/mol. The van der Waals surface area contributed by atoms with E-state index < -0.39 is 6.17 Å². The smallest absolute Gasteiger partial charge is 0.174 e. The Morgan fingerprint density at radius 3 is 3.27 bits per heavy atom. The van der Waals surface area contributed by atoms with Crippen LogP contribution in [0.15, 0.2) is 4.52 Å². The van der Waals surface area contributed by atoms with E-state index in [1.807, 2.05) is 0 Å². The summed E-state index contributed by atoms with van der Waals surface area (Å²) in [5.41, 5.74) is 1.25. The van der Waals surface area contributed by atoms with E-state index in [4.69, 9.17) is 9.63 Å². The van der Waals surface area contributed by atoms with E-state index in [0.717, 1.165) is 5.56 Å². The number of aromatic nitrogens is 1. The van der Waals surface area contributed by atoms with E-state index in [9.17, 15) is 4.39 Å². The molecule has 1 aliphatic carbocycles. The Bertz CT molecular complexity index is 271. The van der Waals surface area contributed by atoms with Gasteiger partial charge in [-0.15, -0.1) is 0 Å². The molecular weight excluding hydrogens is 149 g/mol. The number of aliphatic hydroxyl groups excluding tert-OH is 1. The van der Waals surface area contributed by atoms with E-state index in [1.54, 1.807) is 0 Å². The Morgan fingerprint density at radius 2 is 2.55 bits per heavy atom. The maximum Gasteiger partial charge on any atom is 0.174 e. The van der Waals surface area contributed by atoms with Crippen molar-refractivity contribution in [2.45, 2.75) is 25.6 Å². The van der Waals surface area contributed by atoms with E-state index in [2.05, 4.69) is 5.16 Å². The fraction of sp³-hybridized carbons (Fsp3) is 0.571. The average Bonchev–Trinajstić information content (AvgIpc) is 2.53. The molecule has 4 heteroatoms. The Labute approximate surface area is 62.8 Å². The van der Waals surface area contributed by atoms with Gasteiger partial charge in [0.15, 0.2) is 11.9 Å². The summed E-state index contributed by atoms with van der Waals surface area (Å²) in [5.74, 6) is 0.314. The van der Waals surface area contributed by atoms with Crippen LogP contribution >= 0.6 is 0 Å². The predicted molar refractivity (Wildman–Crippen MR) is 34.6 cm³/mol. The first-order chi connectivity index (χ1) is 5.33. The van der Waals surface area contributed by atoms with Crippen molar-refractivity contribution in [3.05, 3.63) is 17.0 Å². The predicted octanol–water partition coefficient (Wildman–Crippen LogP) is 1.12. The zero-order chi connectivity index (χ0) is 7.84. The molecule has 1 unspecified atom stereocenters. The molecule has 0 radical (unpaired) electrons. The van der Waals surface area contributed by atoms with Crippen molar-refractivity contribution < 1.29 is 14.0 Å². The second-order valence-electron chi connectivity index (χ2n) is 2.64. The van der Waals surface area contributed by atoms with Crippen molar-refractivity contribution in [2.75, 3.05) is 0 Å². The minimum absolute atomic E-state index is 0.161.